The van der Waals surface area contributed by atoms with Crippen LogP contribution in [0.1, 0.15) is 5.69 Å². The molecule has 4 aromatic rings. The zero-order valence-corrected chi connectivity index (χ0v) is 15.5. The summed E-state index contributed by atoms with van der Waals surface area (Å²) in [7, 11) is 0. The SMILES string of the molecule is O=c1[nH]c(CN2CC(Oc3cccc(F)n3)C2)cn2c(-c3ccccc3)ncc12. The van der Waals surface area contributed by atoms with Gasteiger partial charge in [-0.25, -0.2) is 4.98 Å². The summed E-state index contributed by atoms with van der Waals surface area (Å²) in [6.07, 6.45) is 3.45. The number of halogens is 1. The molecule has 29 heavy (non-hydrogen) atoms. The summed E-state index contributed by atoms with van der Waals surface area (Å²) in [6, 6.07) is 14.3. The lowest BCUT2D eigenvalue weighted by Crippen LogP contribution is -2.53. The molecule has 146 valence electrons. The van der Waals surface area contributed by atoms with E-state index in [1.807, 2.05) is 40.9 Å². The molecule has 3 aromatic heterocycles. The Hall–Kier alpha value is -3.52. The van der Waals surface area contributed by atoms with Crippen molar-refractivity contribution < 1.29 is 9.13 Å². The molecule has 0 spiro atoms. The third-order valence-electron chi connectivity index (χ3n) is 4.92. The zero-order valence-electron chi connectivity index (χ0n) is 15.5. The third-order valence-corrected chi connectivity index (χ3v) is 4.92. The Morgan fingerprint density at radius 2 is 1.97 bits per heavy atom. The molecule has 1 fully saturated rings. The fourth-order valence-electron chi connectivity index (χ4n) is 3.53. The molecule has 0 radical (unpaired) electrons. The Balaban J connectivity index is 1.31. The summed E-state index contributed by atoms with van der Waals surface area (Å²) < 4.78 is 20.7. The van der Waals surface area contributed by atoms with Gasteiger partial charge in [-0.15, -0.1) is 0 Å². The Kier molecular flexibility index (Phi) is 4.33. The van der Waals surface area contributed by atoms with Crippen LogP contribution in [0.2, 0.25) is 0 Å². The van der Waals surface area contributed by atoms with Gasteiger partial charge in [0.2, 0.25) is 11.8 Å². The number of ether oxygens (including phenoxy) is 1. The number of nitrogens with one attached hydrogen (secondary N) is 1. The van der Waals surface area contributed by atoms with Crippen LogP contribution in [0.15, 0.2) is 65.7 Å². The predicted molar refractivity (Wildman–Crippen MR) is 105 cm³/mol. The Morgan fingerprint density at radius 1 is 1.14 bits per heavy atom. The molecule has 0 unspecified atom stereocenters. The van der Waals surface area contributed by atoms with Crippen LogP contribution in [0.5, 0.6) is 5.88 Å². The second-order valence-corrected chi connectivity index (χ2v) is 7.04. The molecule has 4 heterocycles. The first kappa shape index (κ1) is 17.6. The van der Waals surface area contributed by atoms with Gasteiger partial charge in [-0.2, -0.15) is 9.37 Å². The molecule has 0 saturated carbocycles. The molecule has 7 nitrogen and oxygen atoms in total. The smallest absolute Gasteiger partial charge is 0.274 e. The summed E-state index contributed by atoms with van der Waals surface area (Å²) in [6.45, 7) is 1.93. The molecular formula is C21H18FN5O2. The Morgan fingerprint density at radius 3 is 2.76 bits per heavy atom. The molecule has 0 atom stereocenters. The van der Waals surface area contributed by atoms with E-state index in [-0.39, 0.29) is 17.5 Å². The van der Waals surface area contributed by atoms with Gasteiger partial charge in [0, 0.05) is 43.2 Å². The predicted octanol–water partition coefficient (Wildman–Crippen LogP) is 2.49. The number of aromatic amines is 1. The van der Waals surface area contributed by atoms with Crippen molar-refractivity contribution in [2.75, 3.05) is 13.1 Å². The van der Waals surface area contributed by atoms with Gasteiger partial charge in [-0.05, 0) is 6.07 Å². The second kappa shape index (κ2) is 7.14. The van der Waals surface area contributed by atoms with Crippen molar-refractivity contribution in [3.63, 3.8) is 0 Å². The number of aromatic nitrogens is 4. The first-order chi connectivity index (χ1) is 14.2. The number of pyridine rings is 1. The van der Waals surface area contributed by atoms with E-state index >= 15 is 0 Å². The minimum Gasteiger partial charge on any atom is -0.472 e. The lowest BCUT2D eigenvalue weighted by Gasteiger charge is -2.38. The second-order valence-electron chi connectivity index (χ2n) is 7.04. The molecule has 1 aromatic carbocycles. The quantitative estimate of drug-likeness (QED) is 0.529. The number of hydrogen-bond acceptors (Lipinski definition) is 5. The van der Waals surface area contributed by atoms with E-state index in [1.54, 1.807) is 18.3 Å². The molecule has 1 N–H and O–H groups in total. The standard InChI is InChI=1S/C21H18FN5O2/c22-18-7-4-8-19(25-18)29-16-12-26(13-16)10-15-11-27-17(21(28)24-15)9-23-20(27)14-5-2-1-3-6-14/h1-9,11,16H,10,12-13H2,(H,24,28). The number of benzene rings is 1. The van der Waals surface area contributed by atoms with Gasteiger partial charge in [-0.3, -0.25) is 14.1 Å². The molecule has 8 heteroatoms. The van der Waals surface area contributed by atoms with Crippen LogP contribution in [-0.4, -0.2) is 43.4 Å². The van der Waals surface area contributed by atoms with Crippen molar-refractivity contribution in [3.8, 4) is 17.3 Å². The van der Waals surface area contributed by atoms with Crippen LogP contribution in [0.4, 0.5) is 4.39 Å². The van der Waals surface area contributed by atoms with Crippen molar-refractivity contribution in [1.29, 1.82) is 0 Å². The molecule has 1 saturated heterocycles. The van der Waals surface area contributed by atoms with Crippen molar-refractivity contribution in [2.24, 2.45) is 0 Å². The molecule has 1 aliphatic rings. The largest absolute Gasteiger partial charge is 0.472 e. The van der Waals surface area contributed by atoms with Gasteiger partial charge >= 0.3 is 0 Å². The third kappa shape index (κ3) is 3.50. The first-order valence-corrected chi connectivity index (χ1v) is 9.32. The van der Waals surface area contributed by atoms with E-state index in [0.717, 1.165) is 17.1 Å². The van der Waals surface area contributed by atoms with E-state index in [4.69, 9.17) is 4.74 Å². The molecule has 1 aliphatic heterocycles. The first-order valence-electron chi connectivity index (χ1n) is 9.32. The Bertz CT molecular complexity index is 1210. The molecule has 5 rings (SSSR count). The van der Waals surface area contributed by atoms with Gasteiger partial charge in [-0.1, -0.05) is 36.4 Å². The van der Waals surface area contributed by atoms with Crippen LogP contribution < -0.4 is 10.3 Å². The number of nitrogens with zero attached hydrogens (tertiary/aromatic N) is 4. The van der Waals surface area contributed by atoms with Gasteiger partial charge in [0.25, 0.3) is 5.56 Å². The Labute approximate surface area is 165 Å². The van der Waals surface area contributed by atoms with E-state index in [2.05, 4.69) is 19.9 Å². The highest BCUT2D eigenvalue weighted by Gasteiger charge is 2.29. The average Bonchev–Trinajstić information content (AvgIpc) is 3.12. The van der Waals surface area contributed by atoms with Crippen molar-refractivity contribution in [1.82, 2.24) is 24.3 Å². The van der Waals surface area contributed by atoms with Crippen molar-refractivity contribution >= 4 is 5.52 Å². The van der Waals surface area contributed by atoms with E-state index < -0.39 is 5.95 Å². The number of likely N-dealkylation sites (tertiary alicyclic amines) is 1. The highest BCUT2D eigenvalue weighted by Crippen LogP contribution is 2.20. The lowest BCUT2D eigenvalue weighted by molar-refractivity contribution is 0.0106. The van der Waals surface area contributed by atoms with Crippen molar-refractivity contribution in [3.05, 3.63) is 82.9 Å². The fourth-order valence-corrected chi connectivity index (χ4v) is 3.53. The molecule has 0 amide bonds. The van der Waals surface area contributed by atoms with Crippen molar-refractivity contribution in [2.45, 2.75) is 12.6 Å². The summed E-state index contributed by atoms with van der Waals surface area (Å²) in [4.78, 5) is 25.7. The van der Waals surface area contributed by atoms with Crippen LogP contribution in [-0.2, 0) is 6.54 Å². The maximum absolute atomic E-state index is 13.2. The molecular weight excluding hydrogens is 373 g/mol. The zero-order chi connectivity index (χ0) is 19.8. The van der Waals surface area contributed by atoms with E-state index in [0.29, 0.717) is 25.2 Å². The fraction of sp³-hybridized carbons (Fsp3) is 0.190. The van der Waals surface area contributed by atoms with E-state index in [1.165, 1.54) is 6.07 Å². The monoisotopic (exact) mass is 391 g/mol. The number of fused-ring (bicyclic) bond motifs is 1. The normalized spacial score (nSPS) is 14.8. The van der Waals surface area contributed by atoms with Gasteiger partial charge in [0.15, 0.2) is 0 Å². The number of H-pyrrole nitrogens is 1. The minimum atomic E-state index is -0.556. The number of hydrogen-bond donors (Lipinski definition) is 1. The van der Waals surface area contributed by atoms with Gasteiger partial charge < -0.3 is 9.72 Å². The summed E-state index contributed by atoms with van der Waals surface area (Å²) in [5.41, 5.74) is 2.08. The van der Waals surface area contributed by atoms with Crippen LogP contribution in [0, 0.1) is 5.95 Å². The summed E-state index contributed by atoms with van der Waals surface area (Å²) in [5.74, 6) is 0.462. The van der Waals surface area contributed by atoms with Crippen LogP contribution in [0.25, 0.3) is 16.9 Å². The molecule has 0 aliphatic carbocycles. The minimum absolute atomic E-state index is 0.0483. The van der Waals surface area contributed by atoms with Crippen LogP contribution >= 0.6 is 0 Å². The highest BCUT2D eigenvalue weighted by molar-refractivity contribution is 5.61. The summed E-state index contributed by atoms with van der Waals surface area (Å²) >= 11 is 0. The van der Waals surface area contributed by atoms with Gasteiger partial charge in [0.1, 0.15) is 17.4 Å². The topological polar surface area (TPSA) is 75.5 Å². The van der Waals surface area contributed by atoms with Crippen LogP contribution in [0.3, 0.4) is 0 Å². The van der Waals surface area contributed by atoms with Gasteiger partial charge in [0.05, 0.1) is 6.20 Å². The average molecular weight is 391 g/mol. The highest BCUT2D eigenvalue weighted by atomic mass is 19.1. The number of rotatable bonds is 5. The van der Waals surface area contributed by atoms with E-state index in [9.17, 15) is 9.18 Å². The lowest BCUT2D eigenvalue weighted by atomic mass is 10.1. The summed E-state index contributed by atoms with van der Waals surface area (Å²) in [5, 5.41) is 0. The molecule has 0 bridgehead atoms. The maximum Gasteiger partial charge on any atom is 0.274 e. The maximum atomic E-state index is 13.2. The number of imidazole rings is 1.